The summed E-state index contributed by atoms with van der Waals surface area (Å²) < 4.78 is 24.7. The normalized spacial score (nSPS) is 17.3. The third-order valence-electron chi connectivity index (χ3n) is 8.64. The maximum atomic E-state index is 12.9. The Bertz CT molecular complexity index is 1700. The van der Waals surface area contributed by atoms with E-state index in [0.29, 0.717) is 35.1 Å². The van der Waals surface area contributed by atoms with E-state index in [-0.39, 0.29) is 11.9 Å². The van der Waals surface area contributed by atoms with E-state index in [2.05, 4.69) is 30.1 Å². The van der Waals surface area contributed by atoms with Crippen LogP contribution in [0.2, 0.25) is 0 Å². The zero-order chi connectivity index (χ0) is 29.0. The second-order valence-corrected chi connectivity index (χ2v) is 11.5. The molecule has 7 nitrogen and oxygen atoms in total. The summed E-state index contributed by atoms with van der Waals surface area (Å²) >= 11 is 0. The lowest BCUT2D eigenvalue weighted by Crippen LogP contribution is -2.34. The Hall–Kier alpha value is -4.49. The first-order valence-electron chi connectivity index (χ1n) is 14.4. The molecule has 42 heavy (non-hydrogen) atoms. The average Bonchev–Trinajstić information content (AvgIpc) is 2.99. The molecule has 0 fully saturated rings. The van der Waals surface area contributed by atoms with Crippen molar-refractivity contribution < 1.29 is 23.7 Å². The molecule has 4 aromatic rings. The fourth-order valence-electron chi connectivity index (χ4n) is 6.22. The van der Waals surface area contributed by atoms with Crippen molar-refractivity contribution in [3.8, 4) is 40.2 Å². The Balaban J connectivity index is 1.17. The lowest BCUT2D eigenvalue weighted by Gasteiger charge is -2.37. The number of aryl methyl sites for hydroxylation is 1. The number of nitrogens with zero attached hydrogens (tertiary/aromatic N) is 2. The van der Waals surface area contributed by atoms with Gasteiger partial charge in [0.25, 0.3) is 5.91 Å². The van der Waals surface area contributed by atoms with Crippen molar-refractivity contribution in [2.75, 3.05) is 34.3 Å². The number of likely N-dealkylation sites (N-methyl/N-ethyl adjacent to an activating group) is 2. The average molecular weight is 563 g/mol. The van der Waals surface area contributed by atoms with Gasteiger partial charge in [0, 0.05) is 37.3 Å². The third-order valence-corrected chi connectivity index (χ3v) is 8.64. The molecule has 0 spiro atoms. The number of benzene rings is 4. The molecule has 3 aliphatic rings. The van der Waals surface area contributed by atoms with Gasteiger partial charge in [-0.25, -0.2) is 0 Å². The van der Waals surface area contributed by atoms with Gasteiger partial charge < -0.3 is 23.8 Å². The van der Waals surface area contributed by atoms with E-state index < -0.39 is 0 Å². The molecule has 0 aliphatic carbocycles. The molecule has 0 bridgehead atoms. The van der Waals surface area contributed by atoms with Gasteiger partial charge in [-0.3, -0.25) is 9.69 Å². The Morgan fingerprint density at radius 3 is 2.43 bits per heavy atom. The molecule has 7 rings (SSSR count). The van der Waals surface area contributed by atoms with E-state index in [4.69, 9.17) is 18.9 Å². The van der Waals surface area contributed by atoms with Gasteiger partial charge in [-0.15, -0.1) is 0 Å². The van der Waals surface area contributed by atoms with Crippen LogP contribution in [0, 0.1) is 6.92 Å². The number of carbonyl (C=O) groups is 1. The summed E-state index contributed by atoms with van der Waals surface area (Å²) in [4.78, 5) is 17.0. The molecule has 3 heterocycles. The second kappa shape index (κ2) is 10.4. The van der Waals surface area contributed by atoms with Gasteiger partial charge in [0.2, 0.25) is 0 Å². The first-order valence-corrected chi connectivity index (χ1v) is 14.4. The first-order chi connectivity index (χ1) is 20.4. The number of amides is 1. The highest BCUT2D eigenvalue weighted by Gasteiger charge is 2.34. The van der Waals surface area contributed by atoms with Crippen LogP contribution in [0.25, 0.3) is 0 Å². The summed E-state index contributed by atoms with van der Waals surface area (Å²) in [5.41, 5.74) is 6.42. The van der Waals surface area contributed by atoms with Crippen LogP contribution in [0.3, 0.4) is 0 Å². The minimum Gasteiger partial charge on any atom is -0.493 e. The zero-order valence-electron chi connectivity index (χ0n) is 24.4. The van der Waals surface area contributed by atoms with Gasteiger partial charge in [-0.2, -0.15) is 0 Å². The maximum Gasteiger partial charge on any atom is 0.254 e. The number of methoxy groups -OCH3 is 1. The molecule has 0 saturated carbocycles. The lowest BCUT2D eigenvalue weighted by atomic mass is 9.87. The largest absolute Gasteiger partial charge is 0.493 e. The Morgan fingerprint density at radius 2 is 1.62 bits per heavy atom. The van der Waals surface area contributed by atoms with Crippen molar-refractivity contribution in [1.29, 1.82) is 0 Å². The Labute approximate surface area is 246 Å². The zero-order valence-corrected chi connectivity index (χ0v) is 24.4. The quantitative estimate of drug-likeness (QED) is 0.228. The monoisotopic (exact) mass is 562 g/mol. The summed E-state index contributed by atoms with van der Waals surface area (Å²) in [5, 5.41) is 0. The summed E-state index contributed by atoms with van der Waals surface area (Å²) in [5.74, 6) is 4.92. The van der Waals surface area contributed by atoms with Crippen LogP contribution >= 0.6 is 0 Å². The van der Waals surface area contributed by atoms with Crippen LogP contribution in [0.5, 0.6) is 40.2 Å². The Morgan fingerprint density at radius 1 is 0.833 bits per heavy atom. The molecule has 7 heteroatoms. The molecular formula is C35H34N2O5. The van der Waals surface area contributed by atoms with Gasteiger partial charge in [-0.1, -0.05) is 24.3 Å². The highest BCUT2D eigenvalue weighted by atomic mass is 16.6. The molecular weight excluding hydrogens is 528 g/mol. The molecule has 4 aromatic carbocycles. The van der Waals surface area contributed by atoms with Crippen molar-refractivity contribution in [2.24, 2.45) is 0 Å². The summed E-state index contributed by atoms with van der Waals surface area (Å²) in [6, 6.07) is 22.3. The van der Waals surface area contributed by atoms with Crippen molar-refractivity contribution >= 4 is 5.91 Å². The second-order valence-electron chi connectivity index (χ2n) is 11.5. The van der Waals surface area contributed by atoms with Crippen LogP contribution in [-0.4, -0.2) is 50.0 Å². The fourth-order valence-corrected chi connectivity index (χ4v) is 6.22. The number of hydrogen-bond donors (Lipinski definition) is 0. The van der Waals surface area contributed by atoms with E-state index in [0.717, 1.165) is 59.7 Å². The van der Waals surface area contributed by atoms with Crippen LogP contribution in [0.1, 0.15) is 44.2 Å². The number of rotatable bonds is 5. The number of carbonyl (C=O) groups excluding carboxylic acids is 1. The number of ether oxygens (including phenoxy) is 4. The van der Waals surface area contributed by atoms with Crippen LogP contribution < -0.4 is 18.9 Å². The van der Waals surface area contributed by atoms with Crippen molar-refractivity contribution in [3.63, 3.8) is 0 Å². The van der Waals surface area contributed by atoms with Crippen LogP contribution in [-0.2, 0) is 19.3 Å². The van der Waals surface area contributed by atoms with Crippen molar-refractivity contribution in [2.45, 2.75) is 32.2 Å². The minimum absolute atomic E-state index is 0.0226. The van der Waals surface area contributed by atoms with Gasteiger partial charge in [0.1, 0.15) is 5.75 Å². The summed E-state index contributed by atoms with van der Waals surface area (Å²) in [7, 11) is 5.65. The highest BCUT2D eigenvalue weighted by Crippen LogP contribution is 2.52. The number of fused-ring (bicyclic) bond motifs is 5. The molecule has 0 aromatic heterocycles. The standard InChI is InChI=1S/C35H34N2O5/c1-21-5-11-28(39-4)30(17-21)40-25-9-6-22(7-10-25)18-27-33-23(13-15-36(27)2)8-12-29-34(33)42-32-20-26-24(19-31(32)41-29)14-16-37(3)35(26)38/h5-12,17,19-20,27H,13-16,18H2,1-4H3/t27-/m1/s1. The molecule has 0 N–H and O–H groups in total. The number of hydrogen-bond acceptors (Lipinski definition) is 6. The van der Waals surface area contributed by atoms with Crippen molar-refractivity contribution in [3.05, 3.63) is 100 Å². The predicted molar refractivity (Wildman–Crippen MR) is 161 cm³/mol. The SMILES string of the molecule is COc1ccc(C)cc1Oc1ccc(C[C@@H]2c3c(ccc4c3Oc3cc5c(cc3O4)CCN(C)C5=O)CCN2C)cc1. The third kappa shape index (κ3) is 4.64. The topological polar surface area (TPSA) is 60.5 Å². The van der Waals surface area contributed by atoms with Gasteiger partial charge in [0.15, 0.2) is 34.5 Å². The summed E-state index contributed by atoms with van der Waals surface area (Å²) in [6.45, 7) is 3.69. The lowest BCUT2D eigenvalue weighted by molar-refractivity contribution is 0.0780. The summed E-state index contributed by atoms with van der Waals surface area (Å²) in [6.07, 6.45) is 2.54. The molecule has 1 atom stereocenters. The molecule has 0 radical (unpaired) electrons. The molecule has 214 valence electrons. The van der Waals surface area contributed by atoms with Gasteiger partial charge in [0.05, 0.1) is 7.11 Å². The minimum atomic E-state index is 0.0226. The van der Waals surface area contributed by atoms with Gasteiger partial charge in [-0.05, 0) is 98.0 Å². The van der Waals surface area contributed by atoms with E-state index >= 15 is 0 Å². The molecule has 0 saturated heterocycles. The molecule has 0 unspecified atom stereocenters. The van der Waals surface area contributed by atoms with Crippen molar-refractivity contribution in [1.82, 2.24) is 9.80 Å². The molecule has 3 aliphatic heterocycles. The molecule has 1 amide bonds. The first kappa shape index (κ1) is 26.4. The predicted octanol–water partition coefficient (Wildman–Crippen LogP) is 7.09. The smallest absolute Gasteiger partial charge is 0.254 e. The Kier molecular flexibility index (Phi) is 6.54. The van der Waals surface area contributed by atoms with Gasteiger partial charge >= 0.3 is 0 Å². The maximum absolute atomic E-state index is 12.9. The van der Waals surface area contributed by atoms with Crippen LogP contribution in [0.4, 0.5) is 0 Å². The van der Waals surface area contributed by atoms with E-state index in [1.807, 2.05) is 62.5 Å². The van der Waals surface area contributed by atoms with E-state index in [1.165, 1.54) is 11.1 Å². The van der Waals surface area contributed by atoms with Crippen LogP contribution in [0.15, 0.2) is 66.7 Å². The van der Waals surface area contributed by atoms with E-state index in [1.54, 1.807) is 12.0 Å². The van der Waals surface area contributed by atoms with E-state index in [9.17, 15) is 4.79 Å². The highest BCUT2D eigenvalue weighted by molar-refractivity contribution is 5.97. The fraction of sp³-hybridized carbons (Fsp3) is 0.286.